The highest BCUT2D eigenvalue weighted by Gasteiger charge is 2.12. The summed E-state index contributed by atoms with van der Waals surface area (Å²) in [4.78, 5) is 22.7. The number of phosphoric acid groups is 1. The van der Waals surface area contributed by atoms with Gasteiger partial charge >= 0.3 is 0 Å². The van der Waals surface area contributed by atoms with E-state index in [2.05, 4.69) is 11.9 Å². The van der Waals surface area contributed by atoms with Crippen LogP contribution in [0, 0.1) is 0 Å². The Morgan fingerprint density at radius 2 is 1.70 bits per heavy atom. The summed E-state index contributed by atoms with van der Waals surface area (Å²) in [5, 5.41) is 2.75. The van der Waals surface area contributed by atoms with Crippen molar-refractivity contribution in [2.24, 2.45) is 0 Å². The molecule has 0 aromatic rings. The number of unbranched alkanes of at least 4 members (excludes halogenated alkanes) is 3. The van der Waals surface area contributed by atoms with Gasteiger partial charge in [0.15, 0.2) is 0 Å². The van der Waals surface area contributed by atoms with Crippen molar-refractivity contribution in [3.63, 3.8) is 0 Å². The van der Waals surface area contributed by atoms with Crippen LogP contribution in [0.4, 0.5) is 0 Å². The van der Waals surface area contributed by atoms with E-state index in [9.17, 15) is 14.3 Å². The Hall–Kier alpha value is -0.720. The number of carbonyl (C=O) groups excluding carboxylic acids is 1. The molecule has 0 bridgehead atoms. The standard InChI is InChI=1S/C15H31N2O5P/c1-14(2)15(18)16-10-8-6-7-9-12-21-23(19,20)22-13-11-17(3,4)5/h1,6-13H2,2-5H3,(H-,16,18,19,20). The lowest BCUT2D eigenvalue weighted by atomic mass is 10.2. The first-order valence-electron chi connectivity index (χ1n) is 7.88. The zero-order valence-electron chi connectivity index (χ0n) is 14.8. The van der Waals surface area contributed by atoms with Crippen LogP contribution in [0.25, 0.3) is 0 Å². The van der Waals surface area contributed by atoms with E-state index in [0.717, 1.165) is 19.3 Å². The van der Waals surface area contributed by atoms with Crippen molar-refractivity contribution in [3.8, 4) is 0 Å². The summed E-state index contributed by atoms with van der Waals surface area (Å²) >= 11 is 0. The number of quaternary nitrogens is 1. The first-order chi connectivity index (χ1) is 10.5. The molecule has 0 spiro atoms. The molecule has 1 N–H and O–H groups in total. The first-order valence-corrected chi connectivity index (χ1v) is 9.34. The molecule has 1 amide bonds. The van der Waals surface area contributed by atoms with Gasteiger partial charge in [-0.25, -0.2) is 0 Å². The number of likely N-dealkylation sites (N-methyl/N-ethyl adjacent to an activating group) is 1. The number of nitrogens with zero attached hydrogens (tertiary/aromatic N) is 1. The van der Waals surface area contributed by atoms with Crippen LogP contribution in [0.5, 0.6) is 0 Å². The molecule has 0 aromatic carbocycles. The van der Waals surface area contributed by atoms with Gasteiger partial charge in [-0.1, -0.05) is 19.4 Å². The fourth-order valence-electron chi connectivity index (χ4n) is 1.57. The zero-order valence-corrected chi connectivity index (χ0v) is 15.7. The second kappa shape index (κ2) is 10.9. The van der Waals surface area contributed by atoms with Crippen molar-refractivity contribution < 1.29 is 27.8 Å². The topological polar surface area (TPSA) is 87.7 Å². The Bertz CT molecular complexity index is 421. The number of rotatable bonds is 13. The van der Waals surface area contributed by atoms with Gasteiger partial charge in [-0.05, 0) is 19.8 Å². The maximum Gasteiger partial charge on any atom is 0.268 e. The molecule has 0 heterocycles. The molecule has 0 aromatic heterocycles. The molecule has 1 unspecified atom stereocenters. The van der Waals surface area contributed by atoms with Crippen LogP contribution in [0.1, 0.15) is 32.6 Å². The molecule has 23 heavy (non-hydrogen) atoms. The van der Waals surface area contributed by atoms with Gasteiger partial charge < -0.3 is 23.7 Å². The van der Waals surface area contributed by atoms with Crippen molar-refractivity contribution in [1.29, 1.82) is 0 Å². The van der Waals surface area contributed by atoms with Crippen LogP contribution in [-0.4, -0.2) is 57.8 Å². The zero-order chi connectivity index (χ0) is 17.9. The van der Waals surface area contributed by atoms with E-state index in [0.29, 0.717) is 29.6 Å². The number of carbonyl (C=O) groups is 1. The monoisotopic (exact) mass is 350 g/mol. The van der Waals surface area contributed by atoms with E-state index in [1.54, 1.807) is 6.92 Å². The van der Waals surface area contributed by atoms with Gasteiger partial charge in [0.1, 0.15) is 13.2 Å². The van der Waals surface area contributed by atoms with Crippen molar-refractivity contribution in [3.05, 3.63) is 12.2 Å². The second-order valence-corrected chi connectivity index (χ2v) is 7.99. The Labute approximate surface area is 139 Å². The van der Waals surface area contributed by atoms with Crippen LogP contribution in [-0.2, 0) is 18.4 Å². The van der Waals surface area contributed by atoms with Crippen LogP contribution >= 0.6 is 7.82 Å². The summed E-state index contributed by atoms with van der Waals surface area (Å²) in [6.07, 6.45) is 3.21. The number of phosphoric ester groups is 1. The molecule has 0 saturated carbocycles. The first kappa shape index (κ1) is 22.3. The largest absolute Gasteiger partial charge is 0.756 e. The second-order valence-electron chi connectivity index (χ2n) is 6.58. The average molecular weight is 350 g/mol. The predicted octanol–water partition coefficient (Wildman–Crippen LogP) is 1.45. The van der Waals surface area contributed by atoms with Gasteiger partial charge in [0.05, 0.1) is 27.7 Å². The minimum Gasteiger partial charge on any atom is -0.756 e. The molecule has 7 nitrogen and oxygen atoms in total. The van der Waals surface area contributed by atoms with Crippen LogP contribution < -0.4 is 10.2 Å². The number of hydrogen-bond acceptors (Lipinski definition) is 5. The summed E-state index contributed by atoms with van der Waals surface area (Å²) in [6, 6.07) is 0. The highest BCUT2D eigenvalue weighted by Crippen LogP contribution is 2.38. The van der Waals surface area contributed by atoms with Crippen molar-refractivity contribution in [2.75, 3.05) is 47.4 Å². The smallest absolute Gasteiger partial charge is 0.268 e. The van der Waals surface area contributed by atoms with Crippen molar-refractivity contribution in [1.82, 2.24) is 5.32 Å². The predicted molar refractivity (Wildman–Crippen MR) is 88.7 cm³/mol. The molecule has 0 fully saturated rings. The fraction of sp³-hybridized carbons (Fsp3) is 0.800. The lowest BCUT2D eigenvalue weighted by Gasteiger charge is -2.27. The molecule has 0 aliphatic carbocycles. The summed E-state index contributed by atoms with van der Waals surface area (Å²) < 4.78 is 21.8. The van der Waals surface area contributed by atoms with Gasteiger partial charge in [0.2, 0.25) is 5.91 Å². The molecule has 0 rings (SSSR count). The van der Waals surface area contributed by atoms with E-state index in [-0.39, 0.29) is 19.1 Å². The number of amides is 1. The van der Waals surface area contributed by atoms with E-state index >= 15 is 0 Å². The Morgan fingerprint density at radius 1 is 1.13 bits per heavy atom. The van der Waals surface area contributed by atoms with Crippen molar-refractivity contribution >= 4 is 13.7 Å². The number of nitrogens with one attached hydrogen (secondary N) is 1. The molecule has 0 aliphatic heterocycles. The van der Waals surface area contributed by atoms with E-state index in [4.69, 9.17) is 9.05 Å². The van der Waals surface area contributed by atoms with Crippen LogP contribution in [0.3, 0.4) is 0 Å². The quantitative estimate of drug-likeness (QED) is 0.235. The summed E-state index contributed by atoms with van der Waals surface area (Å²) in [7, 11) is 1.68. The minimum atomic E-state index is -4.19. The molecule has 8 heteroatoms. The number of hydrogen-bond donors (Lipinski definition) is 1. The third-order valence-electron chi connectivity index (χ3n) is 3.01. The average Bonchev–Trinajstić information content (AvgIpc) is 2.39. The van der Waals surface area contributed by atoms with Crippen molar-refractivity contribution in [2.45, 2.75) is 32.6 Å². The fourth-order valence-corrected chi connectivity index (χ4v) is 2.31. The Morgan fingerprint density at radius 3 is 2.26 bits per heavy atom. The lowest BCUT2D eigenvalue weighted by Crippen LogP contribution is -2.37. The van der Waals surface area contributed by atoms with E-state index in [1.165, 1.54) is 0 Å². The van der Waals surface area contributed by atoms with Gasteiger partial charge in [-0.3, -0.25) is 9.36 Å². The minimum absolute atomic E-state index is 0.118. The third-order valence-corrected chi connectivity index (χ3v) is 4.00. The lowest BCUT2D eigenvalue weighted by molar-refractivity contribution is -0.870. The van der Waals surface area contributed by atoms with Crippen LogP contribution in [0.15, 0.2) is 12.2 Å². The summed E-state index contributed by atoms with van der Waals surface area (Å²) in [5.74, 6) is -0.133. The maximum absolute atomic E-state index is 11.5. The Kier molecular flexibility index (Phi) is 10.6. The molecule has 0 aliphatic rings. The summed E-state index contributed by atoms with van der Waals surface area (Å²) in [5.41, 5.74) is 0.495. The molecule has 0 saturated heterocycles. The summed E-state index contributed by atoms with van der Waals surface area (Å²) in [6.45, 7) is 6.65. The Balaban J connectivity index is 3.57. The van der Waals surface area contributed by atoms with Gasteiger partial charge in [0.25, 0.3) is 7.82 Å². The van der Waals surface area contributed by atoms with E-state index in [1.807, 2.05) is 21.1 Å². The highest BCUT2D eigenvalue weighted by atomic mass is 31.2. The molecule has 1 atom stereocenters. The highest BCUT2D eigenvalue weighted by molar-refractivity contribution is 7.45. The van der Waals surface area contributed by atoms with Gasteiger partial charge in [0, 0.05) is 12.1 Å². The van der Waals surface area contributed by atoms with Gasteiger partial charge in [-0.15, -0.1) is 0 Å². The molecule has 0 radical (unpaired) electrons. The molecular weight excluding hydrogens is 319 g/mol. The third kappa shape index (κ3) is 14.6. The SMILES string of the molecule is C=C(C)C(=O)NCCCCCCOP(=O)([O-])OCC[N+](C)(C)C. The van der Waals surface area contributed by atoms with E-state index < -0.39 is 7.82 Å². The maximum atomic E-state index is 11.5. The molecule has 136 valence electrons. The van der Waals surface area contributed by atoms with Crippen LogP contribution in [0.2, 0.25) is 0 Å². The van der Waals surface area contributed by atoms with Gasteiger partial charge in [-0.2, -0.15) is 0 Å². The molecular formula is C15H31N2O5P. The normalized spacial score (nSPS) is 14.3.